The van der Waals surface area contributed by atoms with E-state index in [2.05, 4.69) is 57.8 Å². The molecule has 2 rings (SSSR count). The molecular formula is C19H34N2. The molecule has 1 aliphatic rings. The Balaban J connectivity index is 0.000000713. The molecule has 3 N–H and O–H groups in total. The van der Waals surface area contributed by atoms with E-state index in [4.69, 9.17) is 5.73 Å². The third kappa shape index (κ3) is 4.98. The Labute approximate surface area is 131 Å². The zero-order valence-electron chi connectivity index (χ0n) is 14.8. The van der Waals surface area contributed by atoms with Gasteiger partial charge in [-0.1, -0.05) is 65.8 Å². The molecule has 0 aliphatic heterocycles. The van der Waals surface area contributed by atoms with Gasteiger partial charge in [0.2, 0.25) is 0 Å². The lowest BCUT2D eigenvalue weighted by Gasteiger charge is -2.18. The molecule has 1 aromatic carbocycles. The fraction of sp³-hybridized carbons (Fsp3) is 0.579. The summed E-state index contributed by atoms with van der Waals surface area (Å²) in [5.74, 6) is 0. The first-order valence-electron chi connectivity index (χ1n) is 8.36. The second-order valence-corrected chi connectivity index (χ2v) is 5.23. The van der Waals surface area contributed by atoms with Crippen molar-refractivity contribution in [2.24, 2.45) is 5.73 Å². The molecule has 21 heavy (non-hydrogen) atoms. The van der Waals surface area contributed by atoms with E-state index in [-0.39, 0.29) is 12.1 Å². The zero-order valence-corrected chi connectivity index (χ0v) is 14.8. The van der Waals surface area contributed by atoms with Crippen LogP contribution in [0, 0.1) is 6.92 Å². The Hall–Kier alpha value is -1.12. The summed E-state index contributed by atoms with van der Waals surface area (Å²) in [7, 11) is 0. The van der Waals surface area contributed by atoms with E-state index in [1.165, 1.54) is 23.1 Å². The van der Waals surface area contributed by atoms with Gasteiger partial charge in [-0.25, -0.2) is 0 Å². The third-order valence-corrected chi connectivity index (χ3v) is 3.34. The van der Waals surface area contributed by atoms with Gasteiger partial charge in [-0.2, -0.15) is 0 Å². The molecule has 0 bridgehead atoms. The highest BCUT2D eigenvalue weighted by molar-refractivity contribution is 5.78. The molecule has 0 aromatic heterocycles. The molecule has 2 heteroatoms. The molecule has 0 saturated heterocycles. The molecule has 2 atom stereocenters. The molecule has 2 nitrogen and oxygen atoms in total. The van der Waals surface area contributed by atoms with Gasteiger partial charge in [0.05, 0.1) is 6.04 Å². The monoisotopic (exact) mass is 290 g/mol. The molecule has 0 radical (unpaired) electrons. The average molecular weight is 290 g/mol. The van der Waals surface area contributed by atoms with E-state index in [9.17, 15) is 0 Å². The SMILES string of the molecule is C=C1c2c(C)cccc2C(NCCC)C1N.CC.CCC. The first kappa shape index (κ1) is 19.9. The van der Waals surface area contributed by atoms with Crippen molar-refractivity contribution in [2.45, 2.75) is 66.5 Å². The highest BCUT2D eigenvalue weighted by Crippen LogP contribution is 2.39. The largest absolute Gasteiger partial charge is 0.322 e. The van der Waals surface area contributed by atoms with Crippen molar-refractivity contribution in [3.8, 4) is 0 Å². The van der Waals surface area contributed by atoms with Crippen LogP contribution in [0.3, 0.4) is 0 Å². The van der Waals surface area contributed by atoms with Crippen LogP contribution in [-0.4, -0.2) is 12.6 Å². The van der Waals surface area contributed by atoms with Gasteiger partial charge in [0.15, 0.2) is 0 Å². The summed E-state index contributed by atoms with van der Waals surface area (Å²) in [5, 5.41) is 3.51. The summed E-state index contributed by atoms with van der Waals surface area (Å²) in [4.78, 5) is 0. The van der Waals surface area contributed by atoms with Crippen LogP contribution < -0.4 is 11.1 Å². The maximum Gasteiger partial charge on any atom is 0.0522 e. The highest BCUT2D eigenvalue weighted by atomic mass is 15.0. The number of hydrogen-bond donors (Lipinski definition) is 2. The fourth-order valence-corrected chi connectivity index (χ4v) is 2.49. The van der Waals surface area contributed by atoms with Crippen molar-refractivity contribution in [1.29, 1.82) is 0 Å². The number of rotatable bonds is 3. The van der Waals surface area contributed by atoms with Gasteiger partial charge >= 0.3 is 0 Å². The first-order chi connectivity index (χ1) is 10.1. The lowest BCUT2D eigenvalue weighted by molar-refractivity contribution is 0.511. The van der Waals surface area contributed by atoms with E-state index in [1.807, 2.05) is 13.8 Å². The van der Waals surface area contributed by atoms with E-state index < -0.39 is 0 Å². The van der Waals surface area contributed by atoms with Crippen molar-refractivity contribution in [2.75, 3.05) is 6.54 Å². The normalized spacial score (nSPS) is 19.1. The van der Waals surface area contributed by atoms with Crippen molar-refractivity contribution in [1.82, 2.24) is 5.32 Å². The quantitative estimate of drug-likeness (QED) is 0.836. The van der Waals surface area contributed by atoms with Crippen LogP contribution in [0.1, 0.15) is 70.2 Å². The summed E-state index contributed by atoms with van der Waals surface area (Å²) in [6.45, 7) is 17.7. The lowest BCUT2D eigenvalue weighted by Crippen LogP contribution is -2.34. The minimum absolute atomic E-state index is 0.0163. The van der Waals surface area contributed by atoms with Gasteiger partial charge in [0.25, 0.3) is 0 Å². The Morgan fingerprint density at radius 3 is 2.29 bits per heavy atom. The van der Waals surface area contributed by atoms with Crippen LogP contribution in [0.2, 0.25) is 0 Å². The maximum absolute atomic E-state index is 6.22. The van der Waals surface area contributed by atoms with Crippen LogP contribution in [0.4, 0.5) is 0 Å². The molecule has 0 fully saturated rings. The van der Waals surface area contributed by atoms with Gasteiger partial charge in [-0.15, -0.1) is 0 Å². The zero-order chi connectivity index (χ0) is 16.4. The molecule has 1 aliphatic carbocycles. The Morgan fingerprint density at radius 1 is 1.19 bits per heavy atom. The number of fused-ring (bicyclic) bond motifs is 1. The van der Waals surface area contributed by atoms with E-state index >= 15 is 0 Å². The third-order valence-electron chi connectivity index (χ3n) is 3.34. The topological polar surface area (TPSA) is 38.0 Å². The second kappa shape index (κ2) is 10.6. The van der Waals surface area contributed by atoms with Gasteiger partial charge in [0.1, 0.15) is 0 Å². The number of aryl methyl sites for hydroxylation is 1. The number of nitrogens with two attached hydrogens (primary N) is 1. The Morgan fingerprint density at radius 2 is 1.76 bits per heavy atom. The van der Waals surface area contributed by atoms with Gasteiger partial charge in [-0.05, 0) is 42.2 Å². The predicted octanol–water partition coefficient (Wildman–Crippen LogP) is 4.83. The molecule has 0 saturated carbocycles. The first-order valence-corrected chi connectivity index (χ1v) is 8.36. The summed E-state index contributed by atoms with van der Waals surface area (Å²) in [5.41, 5.74) is 11.1. The van der Waals surface area contributed by atoms with Crippen molar-refractivity contribution in [3.05, 3.63) is 41.5 Å². The minimum Gasteiger partial charge on any atom is -0.322 e. The molecule has 0 amide bonds. The van der Waals surface area contributed by atoms with Crippen LogP contribution >= 0.6 is 0 Å². The van der Waals surface area contributed by atoms with Gasteiger partial charge < -0.3 is 11.1 Å². The molecule has 2 unspecified atom stereocenters. The van der Waals surface area contributed by atoms with Gasteiger partial charge in [-0.3, -0.25) is 0 Å². The Kier molecular flexibility index (Phi) is 10.0. The number of nitrogens with one attached hydrogen (secondary N) is 1. The molecule has 0 spiro atoms. The maximum atomic E-state index is 6.22. The number of hydrogen-bond acceptors (Lipinski definition) is 2. The Bertz CT molecular complexity index is 424. The molecule has 0 heterocycles. The van der Waals surface area contributed by atoms with Crippen LogP contribution in [0.5, 0.6) is 0 Å². The standard InChI is InChI=1S/C14H20N2.C3H8.C2H6/c1-4-8-16-14-11-7-5-6-9(2)12(11)10(3)13(14)15;1-3-2;1-2/h5-7,13-14,16H,3-4,8,15H2,1-2H3;3H2,1-2H3;1-2H3. The van der Waals surface area contributed by atoms with E-state index in [1.54, 1.807) is 0 Å². The van der Waals surface area contributed by atoms with Crippen LogP contribution in [0.25, 0.3) is 5.57 Å². The van der Waals surface area contributed by atoms with Gasteiger partial charge in [0, 0.05) is 6.04 Å². The summed E-state index contributed by atoms with van der Waals surface area (Å²) < 4.78 is 0. The summed E-state index contributed by atoms with van der Waals surface area (Å²) in [6, 6.07) is 6.64. The minimum atomic E-state index is 0.0163. The average Bonchev–Trinajstić information content (AvgIpc) is 2.73. The van der Waals surface area contributed by atoms with Crippen molar-refractivity contribution < 1.29 is 0 Å². The molecule has 1 aromatic rings. The molecular weight excluding hydrogens is 256 g/mol. The van der Waals surface area contributed by atoms with Crippen molar-refractivity contribution in [3.63, 3.8) is 0 Å². The smallest absolute Gasteiger partial charge is 0.0522 e. The fourth-order valence-electron chi connectivity index (χ4n) is 2.49. The van der Waals surface area contributed by atoms with Crippen LogP contribution in [-0.2, 0) is 0 Å². The summed E-state index contributed by atoms with van der Waals surface area (Å²) >= 11 is 0. The van der Waals surface area contributed by atoms with E-state index in [0.29, 0.717) is 0 Å². The second-order valence-electron chi connectivity index (χ2n) is 5.23. The predicted molar refractivity (Wildman–Crippen MR) is 96.5 cm³/mol. The molecule has 120 valence electrons. The lowest BCUT2D eigenvalue weighted by atomic mass is 10.0. The van der Waals surface area contributed by atoms with Crippen molar-refractivity contribution >= 4 is 5.57 Å². The van der Waals surface area contributed by atoms with E-state index in [0.717, 1.165) is 18.5 Å². The highest BCUT2D eigenvalue weighted by Gasteiger charge is 2.33. The summed E-state index contributed by atoms with van der Waals surface area (Å²) in [6.07, 6.45) is 2.37. The van der Waals surface area contributed by atoms with Crippen LogP contribution in [0.15, 0.2) is 24.8 Å². The number of benzene rings is 1.